The second kappa shape index (κ2) is 11.8. The monoisotopic (exact) mass is 456 g/mol. The lowest BCUT2D eigenvalue weighted by atomic mass is 9.89. The molecule has 0 bridgehead atoms. The first kappa shape index (κ1) is 25.5. The third kappa shape index (κ3) is 16.1. The maximum absolute atomic E-state index is 11.5. The van der Waals surface area contributed by atoms with E-state index in [9.17, 15) is 4.79 Å². The van der Waals surface area contributed by atoms with Crippen molar-refractivity contribution in [2.75, 3.05) is 20.1 Å². The molecule has 24 heavy (non-hydrogen) atoms. The molecule has 0 aliphatic rings. The highest BCUT2D eigenvalue weighted by Crippen LogP contribution is 2.21. The van der Waals surface area contributed by atoms with Crippen LogP contribution in [0.1, 0.15) is 61.3 Å². The predicted octanol–water partition coefficient (Wildman–Crippen LogP) is 3.51. The van der Waals surface area contributed by atoms with Gasteiger partial charge in [0.2, 0.25) is 0 Å². The summed E-state index contributed by atoms with van der Waals surface area (Å²) in [7, 11) is 1.74. The number of ether oxygens (including phenoxy) is 1. The molecule has 0 aromatic carbocycles. The topological polar surface area (TPSA) is 74.8 Å². The smallest absolute Gasteiger partial charge is 0.407 e. The third-order valence-corrected chi connectivity index (χ3v) is 3.02. The van der Waals surface area contributed by atoms with E-state index in [0.29, 0.717) is 24.5 Å². The van der Waals surface area contributed by atoms with Gasteiger partial charge >= 0.3 is 6.09 Å². The molecule has 0 fully saturated rings. The fourth-order valence-corrected chi connectivity index (χ4v) is 1.81. The van der Waals surface area contributed by atoms with Gasteiger partial charge in [-0.25, -0.2) is 4.79 Å². The number of aliphatic imine (C=N–C) groups is 1. The van der Waals surface area contributed by atoms with Crippen molar-refractivity contribution in [1.82, 2.24) is 16.0 Å². The molecule has 0 aromatic heterocycles. The SMILES string of the molecule is CN=C(NCCNC(=O)OC(C)(C)C)NC(C)CCC(C)(C)C.I. The van der Waals surface area contributed by atoms with Gasteiger partial charge in [-0.2, -0.15) is 0 Å². The lowest BCUT2D eigenvalue weighted by Crippen LogP contribution is -2.45. The largest absolute Gasteiger partial charge is 0.444 e. The van der Waals surface area contributed by atoms with Crippen LogP contribution in [0.2, 0.25) is 0 Å². The Kier molecular flexibility index (Phi) is 12.5. The number of alkyl carbamates (subject to hydrolysis) is 1. The number of nitrogens with zero attached hydrogens (tertiary/aromatic N) is 1. The minimum Gasteiger partial charge on any atom is -0.444 e. The summed E-state index contributed by atoms with van der Waals surface area (Å²) >= 11 is 0. The summed E-state index contributed by atoms with van der Waals surface area (Å²) in [5.41, 5.74) is -0.137. The number of guanidine groups is 1. The Hall–Kier alpha value is -0.730. The van der Waals surface area contributed by atoms with E-state index in [1.165, 1.54) is 0 Å². The van der Waals surface area contributed by atoms with Crippen LogP contribution in [0.5, 0.6) is 0 Å². The quantitative estimate of drug-likeness (QED) is 0.248. The number of halogens is 1. The molecular formula is C17H37IN4O2. The van der Waals surface area contributed by atoms with E-state index in [-0.39, 0.29) is 24.0 Å². The van der Waals surface area contributed by atoms with Crippen molar-refractivity contribution in [3.05, 3.63) is 0 Å². The molecular weight excluding hydrogens is 419 g/mol. The first-order valence-electron chi connectivity index (χ1n) is 8.37. The minimum atomic E-state index is -0.475. The molecule has 0 heterocycles. The van der Waals surface area contributed by atoms with E-state index in [1.807, 2.05) is 20.8 Å². The average Bonchev–Trinajstić information content (AvgIpc) is 2.37. The van der Waals surface area contributed by atoms with Gasteiger partial charge in [0, 0.05) is 26.2 Å². The molecule has 0 aromatic rings. The Morgan fingerprint density at radius 3 is 2.08 bits per heavy atom. The maximum Gasteiger partial charge on any atom is 0.407 e. The fourth-order valence-electron chi connectivity index (χ4n) is 1.81. The molecule has 0 rings (SSSR count). The van der Waals surface area contributed by atoms with Crippen LogP contribution in [-0.4, -0.2) is 43.8 Å². The first-order chi connectivity index (χ1) is 10.4. The number of nitrogens with one attached hydrogen (secondary N) is 3. The van der Waals surface area contributed by atoms with Crippen LogP contribution in [-0.2, 0) is 4.74 Å². The Morgan fingerprint density at radius 1 is 1.08 bits per heavy atom. The number of carbonyl (C=O) groups excluding carboxylic acids is 1. The number of hydrogen-bond donors (Lipinski definition) is 3. The molecule has 0 saturated carbocycles. The van der Waals surface area contributed by atoms with Crippen molar-refractivity contribution < 1.29 is 9.53 Å². The molecule has 144 valence electrons. The summed E-state index contributed by atoms with van der Waals surface area (Å²) in [5.74, 6) is 0.748. The second-order valence-corrected chi connectivity index (χ2v) is 8.07. The number of hydrogen-bond acceptors (Lipinski definition) is 3. The zero-order valence-electron chi connectivity index (χ0n) is 16.6. The van der Waals surface area contributed by atoms with Gasteiger partial charge in [-0.1, -0.05) is 20.8 Å². The molecule has 1 unspecified atom stereocenters. The molecule has 6 nitrogen and oxygen atoms in total. The van der Waals surface area contributed by atoms with E-state index in [2.05, 4.69) is 48.6 Å². The van der Waals surface area contributed by atoms with Crippen LogP contribution >= 0.6 is 24.0 Å². The Balaban J connectivity index is 0. The van der Waals surface area contributed by atoms with Gasteiger partial charge in [-0.05, 0) is 46.0 Å². The second-order valence-electron chi connectivity index (χ2n) is 8.07. The summed E-state index contributed by atoms with van der Waals surface area (Å²) in [6.45, 7) is 15.5. The molecule has 7 heteroatoms. The lowest BCUT2D eigenvalue weighted by molar-refractivity contribution is 0.0529. The molecule has 0 saturated heterocycles. The van der Waals surface area contributed by atoms with Gasteiger partial charge in [0.25, 0.3) is 0 Å². The van der Waals surface area contributed by atoms with Crippen LogP contribution in [0.4, 0.5) is 4.79 Å². The zero-order valence-corrected chi connectivity index (χ0v) is 18.9. The van der Waals surface area contributed by atoms with Crippen molar-refractivity contribution in [3.63, 3.8) is 0 Å². The van der Waals surface area contributed by atoms with Gasteiger partial charge in [-0.15, -0.1) is 24.0 Å². The molecule has 0 spiro atoms. The van der Waals surface area contributed by atoms with Gasteiger partial charge < -0.3 is 20.7 Å². The van der Waals surface area contributed by atoms with Crippen LogP contribution in [0.3, 0.4) is 0 Å². The van der Waals surface area contributed by atoms with Crippen molar-refractivity contribution in [1.29, 1.82) is 0 Å². The standard InChI is InChI=1S/C17H36N4O2.HI/c1-13(9-10-16(2,3)4)21-14(18-8)19-11-12-20-15(22)23-17(5,6)7;/h13H,9-12H2,1-8H3,(H,20,22)(H2,18,19,21);1H. The Bertz CT molecular complexity index is 387. The summed E-state index contributed by atoms with van der Waals surface area (Å²) in [6, 6.07) is 0.347. The van der Waals surface area contributed by atoms with Crippen LogP contribution in [0.25, 0.3) is 0 Å². The summed E-state index contributed by atoms with van der Waals surface area (Å²) in [4.78, 5) is 15.7. The van der Waals surface area contributed by atoms with Crippen molar-refractivity contribution in [2.24, 2.45) is 10.4 Å². The molecule has 0 aliphatic heterocycles. The van der Waals surface area contributed by atoms with Gasteiger partial charge in [-0.3, -0.25) is 4.99 Å². The number of rotatable bonds is 6. The molecule has 0 radical (unpaired) electrons. The number of amides is 1. The van der Waals surface area contributed by atoms with Gasteiger partial charge in [0.05, 0.1) is 0 Å². The highest BCUT2D eigenvalue weighted by atomic mass is 127. The molecule has 1 atom stereocenters. The Morgan fingerprint density at radius 2 is 1.62 bits per heavy atom. The minimum absolute atomic E-state index is 0. The zero-order chi connectivity index (χ0) is 18.1. The van der Waals surface area contributed by atoms with Crippen molar-refractivity contribution in [2.45, 2.75) is 73.0 Å². The summed E-state index contributed by atoms with van der Waals surface area (Å²) < 4.78 is 5.18. The molecule has 0 aliphatic carbocycles. The van der Waals surface area contributed by atoms with Crippen molar-refractivity contribution in [3.8, 4) is 0 Å². The Labute approximate surface area is 165 Å². The summed E-state index contributed by atoms with van der Waals surface area (Å²) in [6.07, 6.45) is 1.83. The lowest BCUT2D eigenvalue weighted by Gasteiger charge is -2.23. The van der Waals surface area contributed by atoms with E-state index in [0.717, 1.165) is 18.8 Å². The van der Waals surface area contributed by atoms with Crippen LogP contribution in [0, 0.1) is 5.41 Å². The predicted molar refractivity (Wildman–Crippen MR) is 112 cm³/mol. The third-order valence-electron chi connectivity index (χ3n) is 3.02. The average molecular weight is 456 g/mol. The van der Waals surface area contributed by atoms with Crippen LogP contribution < -0.4 is 16.0 Å². The van der Waals surface area contributed by atoms with E-state index >= 15 is 0 Å². The highest BCUT2D eigenvalue weighted by molar-refractivity contribution is 14.0. The van der Waals surface area contributed by atoms with E-state index in [4.69, 9.17) is 4.74 Å². The molecule has 1 amide bonds. The normalized spacial score (nSPS) is 13.6. The van der Waals surface area contributed by atoms with Gasteiger partial charge in [0.1, 0.15) is 5.60 Å². The molecule has 3 N–H and O–H groups in total. The number of carbonyl (C=O) groups is 1. The van der Waals surface area contributed by atoms with Crippen LogP contribution in [0.15, 0.2) is 4.99 Å². The van der Waals surface area contributed by atoms with Crippen molar-refractivity contribution >= 4 is 36.0 Å². The first-order valence-corrected chi connectivity index (χ1v) is 8.37. The van der Waals surface area contributed by atoms with Gasteiger partial charge in [0.15, 0.2) is 5.96 Å². The van der Waals surface area contributed by atoms with E-state index < -0.39 is 11.7 Å². The maximum atomic E-state index is 11.5. The van der Waals surface area contributed by atoms with E-state index in [1.54, 1.807) is 7.05 Å². The summed E-state index contributed by atoms with van der Waals surface area (Å²) in [5, 5.41) is 9.26. The highest BCUT2D eigenvalue weighted by Gasteiger charge is 2.16. The fraction of sp³-hybridized carbons (Fsp3) is 0.882.